The number of aryl methyl sites for hydroxylation is 1. The molecule has 0 N–H and O–H groups in total. The van der Waals surface area contributed by atoms with Gasteiger partial charge in [-0.15, -0.1) is 22.7 Å². The SMILES string of the molecule is Cc1nc(CN2CCN(C(=O)C=Cc3cn(-c4ccccc4)nc3-c3cccs3)CC2)cs1. The zero-order valence-corrected chi connectivity index (χ0v) is 20.1. The van der Waals surface area contributed by atoms with Crippen LogP contribution in [0.3, 0.4) is 0 Å². The molecule has 168 valence electrons. The summed E-state index contributed by atoms with van der Waals surface area (Å²) in [5.74, 6) is 0.0451. The fourth-order valence-corrected chi connectivity index (χ4v) is 5.26. The second-order valence-electron chi connectivity index (χ2n) is 7.98. The van der Waals surface area contributed by atoms with Crippen molar-refractivity contribution >= 4 is 34.7 Å². The predicted octanol–water partition coefficient (Wildman–Crippen LogP) is 4.72. The molecule has 0 radical (unpaired) electrons. The third-order valence-electron chi connectivity index (χ3n) is 5.66. The van der Waals surface area contributed by atoms with Crippen LogP contribution in [0, 0.1) is 6.92 Å². The van der Waals surface area contributed by atoms with Gasteiger partial charge in [-0.3, -0.25) is 9.69 Å². The van der Waals surface area contributed by atoms with Crippen molar-refractivity contribution in [2.24, 2.45) is 0 Å². The standard InChI is InChI=1S/C25H25N5OS2/c1-19-26-21(18-33-19)17-28-11-13-29(14-12-28)24(31)10-9-20-16-30(22-6-3-2-4-7-22)27-25(20)23-8-5-15-32-23/h2-10,15-16,18H,11-14,17H2,1H3. The van der Waals surface area contributed by atoms with Crippen LogP contribution in [0.4, 0.5) is 0 Å². The molecular weight excluding hydrogens is 450 g/mol. The molecule has 1 amide bonds. The Balaban J connectivity index is 1.27. The van der Waals surface area contributed by atoms with Crippen LogP contribution in [-0.4, -0.2) is 56.7 Å². The van der Waals surface area contributed by atoms with E-state index in [-0.39, 0.29) is 5.91 Å². The lowest BCUT2D eigenvalue weighted by molar-refractivity contribution is -0.127. The summed E-state index contributed by atoms with van der Waals surface area (Å²) in [7, 11) is 0. The lowest BCUT2D eigenvalue weighted by Crippen LogP contribution is -2.47. The van der Waals surface area contributed by atoms with Crippen LogP contribution in [0.1, 0.15) is 16.3 Å². The van der Waals surface area contributed by atoms with Gasteiger partial charge >= 0.3 is 0 Å². The van der Waals surface area contributed by atoms with E-state index in [1.807, 2.05) is 70.6 Å². The molecule has 1 fully saturated rings. The van der Waals surface area contributed by atoms with E-state index >= 15 is 0 Å². The lowest BCUT2D eigenvalue weighted by atomic mass is 10.2. The van der Waals surface area contributed by atoms with Gasteiger partial charge in [-0.05, 0) is 36.6 Å². The van der Waals surface area contributed by atoms with Crippen molar-refractivity contribution in [2.45, 2.75) is 13.5 Å². The summed E-state index contributed by atoms with van der Waals surface area (Å²) in [5, 5.41) is 10.1. The number of hydrogen-bond acceptors (Lipinski definition) is 6. The predicted molar refractivity (Wildman–Crippen MR) is 135 cm³/mol. The van der Waals surface area contributed by atoms with Gasteiger partial charge in [0.15, 0.2) is 0 Å². The van der Waals surface area contributed by atoms with E-state index in [2.05, 4.69) is 21.3 Å². The quantitative estimate of drug-likeness (QED) is 0.379. The van der Waals surface area contributed by atoms with Crippen molar-refractivity contribution < 1.29 is 4.79 Å². The number of piperazine rings is 1. The van der Waals surface area contributed by atoms with Crippen molar-refractivity contribution in [3.63, 3.8) is 0 Å². The molecule has 1 aliphatic rings. The van der Waals surface area contributed by atoms with E-state index < -0.39 is 0 Å². The third-order valence-corrected chi connectivity index (χ3v) is 7.36. The zero-order chi connectivity index (χ0) is 22.6. The summed E-state index contributed by atoms with van der Waals surface area (Å²) in [6.45, 7) is 6.07. The van der Waals surface area contributed by atoms with Gasteiger partial charge in [0.25, 0.3) is 0 Å². The molecule has 0 unspecified atom stereocenters. The maximum Gasteiger partial charge on any atom is 0.246 e. The molecule has 4 heterocycles. The number of nitrogens with zero attached hydrogens (tertiary/aromatic N) is 5. The topological polar surface area (TPSA) is 54.3 Å². The van der Waals surface area contributed by atoms with E-state index in [0.29, 0.717) is 0 Å². The Kier molecular flexibility index (Phi) is 6.48. The van der Waals surface area contributed by atoms with Gasteiger partial charge in [-0.1, -0.05) is 24.3 Å². The highest BCUT2D eigenvalue weighted by atomic mass is 32.1. The van der Waals surface area contributed by atoms with Gasteiger partial charge in [0, 0.05) is 55.9 Å². The summed E-state index contributed by atoms with van der Waals surface area (Å²) in [5.41, 5.74) is 3.94. The van der Waals surface area contributed by atoms with Crippen molar-refractivity contribution in [3.8, 4) is 16.3 Å². The van der Waals surface area contributed by atoms with E-state index in [1.165, 1.54) is 0 Å². The summed E-state index contributed by atoms with van der Waals surface area (Å²) < 4.78 is 1.87. The van der Waals surface area contributed by atoms with Crippen LogP contribution in [0.25, 0.3) is 22.3 Å². The number of rotatable bonds is 6. The smallest absolute Gasteiger partial charge is 0.246 e. The van der Waals surface area contributed by atoms with Crippen molar-refractivity contribution in [1.82, 2.24) is 24.6 Å². The monoisotopic (exact) mass is 475 g/mol. The molecule has 0 aliphatic carbocycles. The number of hydrogen-bond donors (Lipinski definition) is 0. The highest BCUT2D eigenvalue weighted by Gasteiger charge is 2.20. The fourth-order valence-electron chi connectivity index (χ4n) is 3.93. The summed E-state index contributed by atoms with van der Waals surface area (Å²) in [6.07, 6.45) is 5.57. The largest absolute Gasteiger partial charge is 0.337 e. The lowest BCUT2D eigenvalue weighted by Gasteiger charge is -2.33. The number of carbonyl (C=O) groups excluding carboxylic acids is 1. The molecule has 3 aromatic heterocycles. The summed E-state index contributed by atoms with van der Waals surface area (Å²) in [4.78, 5) is 22.8. The Morgan fingerprint density at radius 2 is 1.88 bits per heavy atom. The molecule has 1 saturated heterocycles. The molecule has 4 aromatic rings. The molecule has 1 aromatic carbocycles. The van der Waals surface area contributed by atoms with Gasteiger partial charge < -0.3 is 4.90 Å². The van der Waals surface area contributed by atoms with Gasteiger partial charge in [0.1, 0.15) is 5.69 Å². The second-order valence-corrected chi connectivity index (χ2v) is 9.99. The Bertz CT molecular complexity index is 1240. The highest BCUT2D eigenvalue weighted by Crippen LogP contribution is 2.28. The number of thiazole rings is 1. The minimum atomic E-state index is 0.0451. The Labute approximate surface area is 201 Å². The number of amides is 1. The number of thiophene rings is 1. The number of carbonyl (C=O) groups is 1. The van der Waals surface area contributed by atoms with E-state index in [9.17, 15) is 4.79 Å². The van der Waals surface area contributed by atoms with Gasteiger partial charge in [-0.2, -0.15) is 5.10 Å². The minimum Gasteiger partial charge on any atom is -0.337 e. The molecule has 0 bridgehead atoms. The van der Waals surface area contributed by atoms with Crippen LogP contribution >= 0.6 is 22.7 Å². The van der Waals surface area contributed by atoms with E-state index in [0.717, 1.165) is 65.2 Å². The number of para-hydroxylation sites is 1. The Morgan fingerprint density at radius 1 is 1.06 bits per heavy atom. The molecule has 0 atom stereocenters. The first-order chi connectivity index (χ1) is 16.2. The molecule has 0 saturated carbocycles. The third kappa shape index (κ3) is 5.13. The van der Waals surface area contributed by atoms with E-state index in [4.69, 9.17) is 5.10 Å². The highest BCUT2D eigenvalue weighted by molar-refractivity contribution is 7.13. The number of benzene rings is 1. The van der Waals surface area contributed by atoms with Crippen molar-refractivity contribution in [2.75, 3.05) is 26.2 Å². The fraction of sp³-hybridized carbons (Fsp3) is 0.240. The number of aromatic nitrogens is 3. The van der Waals surface area contributed by atoms with Gasteiger partial charge in [-0.25, -0.2) is 9.67 Å². The van der Waals surface area contributed by atoms with Gasteiger partial charge in [0.05, 0.1) is 21.3 Å². The summed E-state index contributed by atoms with van der Waals surface area (Å²) in [6, 6.07) is 14.1. The van der Waals surface area contributed by atoms with E-state index in [1.54, 1.807) is 28.7 Å². The first-order valence-electron chi connectivity index (χ1n) is 10.9. The van der Waals surface area contributed by atoms with Crippen LogP contribution < -0.4 is 0 Å². The molecule has 6 nitrogen and oxygen atoms in total. The molecular formula is C25H25N5OS2. The second kappa shape index (κ2) is 9.82. The molecule has 0 spiro atoms. The molecule has 8 heteroatoms. The Hall–Kier alpha value is -3.07. The maximum absolute atomic E-state index is 12.9. The van der Waals surface area contributed by atoms with Crippen molar-refractivity contribution in [1.29, 1.82) is 0 Å². The zero-order valence-electron chi connectivity index (χ0n) is 18.4. The maximum atomic E-state index is 12.9. The van der Waals surface area contributed by atoms with Gasteiger partial charge in [0.2, 0.25) is 5.91 Å². The molecule has 33 heavy (non-hydrogen) atoms. The summed E-state index contributed by atoms with van der Waals surface area (Å²) >= 11 is 3.33. The van der Waals surface area contributed by atoms with Crippen LogP contribution in [-0.2, 0) is 11.3 Å². The first-order valence-corrected chi connectivity index (χ1v) is 12.7. The normalized spacial score (nSPS) is 14.9. The average Bonchev–Trinajstić information content (AvgIpc) is 3.60. The first kappa shape index (κ1) is 21.8. The van der Waals surface area contributed by atoms with Crippen LogP contribution in [0.15, 0.2) is 65.5 Å². The van der Waals surface area contributed by atoms with Crippen LogP contribution in [0.5, 0.6) is 0 Å². The minimum absolute atomic E-state index is 0.0451. The Morgan fingerprint density at radius 3 is 2.58 bits per heavy atom. The van der Waals surface area contributed by atoms with Crippen molar-refractivity contribution in [3.05, 3.63) is 81.8 Å². The van der Waals surface area contributed by atoms with Crippen LogP contribution in [0.2, 0.25) is 0 Å². The average molecular weight is 476 g/mol. The molecule has 1 aliphatic heterocycles. The molecule has 5 rings (SSSR count).